The van der Waals surface area contributed by atoms with Crippen LogP contribution < -0.4 is 0 Å². The van der Waals surface area contributed by atoms with Crippen molar-refractivity contribution in [1.29, 1.82) is 0 Å². The molecule has 0 saturated heterocycles. The highest BCUT2D eigenvalue weighted by Crippen LogP contribution is 2.26. The molecule has 0 bridgehead atoms. The minimum Gasteiger partial charge on any atom is -0.328 e. The van der Waals surface area contributed by atoms with E-state index in [1.165, 1.54) is 6.07 Å². The van der Waals surface area contributed by atoms with E-state index >= 15 is 0 Å². The molecular formula is C22H16FN3O. The number of amides is 1. The number of halogens is 1. The second-order valence-corrected chi connectivity index (χ2v) is 6.72. The summed E-state index contributed by atoms with van der Waals surface area (Å²) in [6.45, 7) is 0.651. The Morgan fingerprint density at radius 2 is 1.93 bits per heavy atom. The summed E-state index contributed by atoms with van der Waals surface area (Å²) in [7, 11) is 0. The predicted molar refractivity (Wildman–Crippen MR) is 101 cm³/mol. The highest BCUT2D eigenvalue weighted by atomic mass is 19.1. The van der Waals surface area contributed by atoms with Gasteiger partial charge in [0, 0.05) is 36.2 Å². The van der Waals surface area contributed by atoms with Gasteiger partial charge in [0.15, 0.2) is 0 Å². The van der Waals surface area contributed by atoms with Crippen LogP contribution in [0.3, 0.4) is 0 Å². The average Bonchev–Trinajstić information content (AvgIpc) is 3.28. The summed E-state index contributed by atoms with van der Waals surface area (Å²) in [5, 5.41) is 0. The molecule has 0 fully saturated rings. The number of benzene rings is 1. The molecule has 0 N–H and O–H groups in total. The second-order valence-electron chi connectivity index (χ2n) is 6.72. The van der Waals surface area contributed by atoms with Gasteiger partial charge in [0.25, 0.3) is 5.91 Å². The molecule has 5 rings (SSSR count). The van der Waals surface area contributed by atoms with Crippen LogP contribution in [0, 0.1) is 5.82 Å². The van der Waals surface area contributed by atoms with Gasteiger partial charge in [0.2, 0.25) is 0 Å². The fraction of sp³-hybridized carbons (Fsp3) is 0.0909. The maximum absolute atomic E-state index is 14.7. The van der Waals surface area contributed by atoms with Crippen LogP contribution in [-0.4, -0.2) is 20.2 Å². The number of hydrogen-bond acceptors (Lipinski definition) is 2. The van der Waals surface area contributed by atoms with E-state index in [9.17, 15) is 9.18 Å². The molecule has 3 aromatic heterocycles. The van der Waals surface area contributed by atoms with E-state index < -0.39 is 0 Å². The third-order valence-corrected chi connectivity index (χ3v) is 5.02. The van der Waals surface area contributed by atoms with E-state index in [0.717, 1.165) is 22.3 Å². The Balaban J connectivity index is 1.41. The van der Waals surface area contributed by atoms with Crippen molar-refractivity contribution in [2.45, 2.75) is 13.1 Å². The van der Waals surface area contributed by atoms with Crippen molar-refractivity contribution >= 4 is 11.4 Å². The average molecular weight is 357 g/mol. The van der Waals surface area contributed by atoms with Gasteiger partial charge in [-0.25, -0.2) is 4.39 Å². The largest absolute Gasteiger partial charge is 0.328 e. The molecule has 0 aliphatic carbocycles. The van der Waals surface area contributed by atoms with E-state index in [0.29, 0.717) is 17.7 Å². The summed E-state index contributed by atoms with van der Waals surface area (Å²) in [5.74, 6) is -0.406. The Morgan fingerprint density at radius 1 is 1.04 bits per heavy atom. The standard InChI is InChI=1S/C22H16FN3O/c23-20-11-15(16-7-8-18-3-2-10-25(18)12-16)5-6-17(20)13-26-14-21-19(22(26)27)4-1-9-24-21/h1-12H,13-14H2. The first kappa shape index (κ1) is 15.8. The van der Waals surface area contributed by atoms with Crippen LogP contribution in [0.15, 0.2) is 73.2 Å². The normalized spacial score (nSPS) is 13.4. The van der Waals surface area contributed by atoms with Gasteiger partial charge < -0.3 is 9.30 Å². The first-order valence-corrected chi connectivity index (χ1v) is 8.78. The fourth-order valence-corrected chi connectivity index (χ4v) is 3.57. The molecule has 132 valence electrons. The molecule has 27 heavy (non-hydrogen) atoms. The number of nitrogens with zero attached hydrogens (tertiary/aromatic N) is 3. The second kappa shape index (κ2) is 6.06. The SMILES string of the molecule is O=C1c2cccnc2CN1Cc1ccc(-c2ccc3cccn3c2)cc1F. The summed E-state index contributed by atoms with van der Waals surface area (Å²) < 4.78 is 16.7. The Kier molecular flexibility index (Phi) is 3.53. The molecule has 4 nitrogen and oxygen atoms in total. The lowest BCUT2D eigenvalue weighted by Gasteiger charge is -2.16. The van der Waals surface area contributed by atoms with E-state index in [1.54, 1.807) is 29.3 Å². The summed E-state index contributed by atoms with van der Waals surface area (Å²) in [4.78, 5) is 18.3. The molecule has 0 unspecified atom stereocenters. The number of carbonyl (C=O) groups excluding carboxylic acids is 1. The zero-order valence-electron chi connectivity index (χ0n) is 14.5. The number of carbonyl (C=O) groups is 1. The van der Waals surface area contributed by atoms with Gasteiger partial charge in [0.1, 0.15) is 5.82 Å². The minimum atomic E-state index is -0.309. The maximum Gasteiger partial charge on any atom is 0.256 e. The summed E-state index contributed by atoms with van der Waals surface area (Å²) in [6.07, 6.45) is 5.62. The van der Waals surface area contributed by atoms with Crippen LogP contribution in [0.5, 0.6) is 0 Å². The first-order chi connectivity index (χ1) is 13.2. The molecule has 1 aliphatic heterocycles. The Morgan fingerprint density at radius 3 is 2.78 bits per heavy atom. The lowest BCUT2D eigenvalue weighted by atomic mass is 10.0. The Hall–Kier alpha value is -3.47. The minimum absolute atomic E-state index is 0.0976. The van der Waals surface area contributed by atoms with Crippen molar-refractivity contribution in [2.24, 2.45) is 0 Å². The molecule has 4 heterocycles. The quantitative estimate of drug-likeness (QED) is 0.548. The third-order valence-electron chi connectivity index (χ3n) is 5.02. The summed E-state index contributed by atoms with van der Waals surface area (Å²) >= 11 is 0. The van der Waals surface area contributed by atoms with Crippen LogP contribution >= 0.6 is 0 Å². The van der Waals surface area contributed by atoms with Gasteiger partial charge in [-0.3, -0.25) is 9.78 Å². The van der Waals surface area contributed by atoms with Crippen molar-refractivity contribution < 1.29 is 9.18 Å². The molecular weight excluding hydrogens is 341 g/mol. The molecule has 0 radical (unpaired) electrons. The van der Waals surface area contributed by atoms with E-state index in [-0.39, 0.29) is 18.3 Å². The van der Waals surface area contributed by atoms with Gasteiger partial charge >= 0.3 is 0 Å². The number of rotatable bonds is 3. The first-order valence-electron chi connectivity index (χ1n) is 8.78. The van der Waals surface area contributed by atoms with Crippen LogP contribution in [0.1, 0.15) is 21.6 Å². The molecule has 1 amide bonds. The van der Waals surface area contributed by atoms with Gasteiger partial charge in [0.05, 0.1) is 17.8 Å². The lowest BCUT2D eigenvalue weighted by molar-refractivity contribution is 0.0765. The zero-order chi connectivity index (χ0) is 18.4. The van der Waals surface area contributed by atoms with Gasteiger partial charge in [-0.1, -0.05) is 18.2 Å². The highest BCUT2D eigenvalue weighted by molar-refractivity contribution is 5.97. The molecule has 1 aliphatic rings. The van der Waals surface area contributed by atoms with Crippen molar-refractivity contribution in [2.75, 3.05) is 0 Å². The predicted octanol–water partition coefficient (Wildman–Crippen LogP) is 4.30. The van der Waals surface area contributed by atoms with E-state index in [4.69, 9.17) is 0 Å². The molecule has 1 aromatic carbocycles. The van der Waals surface area contributed by atoms with Crippen molar-refractivity contribution in [3.05, 3.63) is 95.8 Å². The fourth-order valence-electron chi connectivity index (χ4n) is 3.57. The van der Waals surface area contributed by atoms with Crippen LogP contribution in [0.4, 0.5) is 4.39 Å². The lowest BCUT2D eigenvalue weighted by Crippen LogP contribution is -2.23. The van der Waals surface area contributed by atoms with Gasteiger partial charge in [-0.15, -0.1) is 0 Å². The van der Waals surface area contributed by atoms with Crippen LogP contribution in [-0.2, 0) is 13.1 Å². The van der Waals surface area contributed by atoms with Gasteiger partial charge in [-0.05, 0) is 47.5 Å². The maximum atomic E-state index is 14.7. The molecule has 0 atom stereocenters. The van der Waals surface area contributed by atoms with Gasteiger partial charge in [-0.2, -0.15) is 0 Å². The monoisotopic (exact) mass is 357 g/mol. The van der Waals surface area contributed by atoms with E-state index in [2.05, 4.69) is 4.98 Å². The molecule has 0 saturated carbocycles. The molecule has 5 heteroatoms. The van der Waals surface area contributed by atoms with E-state index in [1.807, 2.05) is 47.1 Å². The van der Waals surface area contributed by atoms with Crippen LogP contribution in [0.25, 0.3) is 16.6 Å². The smallest absolute Gasteiger partial charge is 0.256 e. The highest BCUT2D eigenvalue weighted by Gasteiger charge is 2.28. The third kappa shape index (κ3) is 2.68. The zero-order valence-corrected chi connectivity index (χ0v) is 14.5. The van der Waals surface area contributed by atoms with Crippen LogP contribution in [0.2, 0.25) is 0 Å². The Labute approximate surface area is 155 Å². The number of fused-ring (bicyclic) bond motifs is 2. The summed E-state index contributed by atoms with van der Waals surface area (Å²) in [5.41, 5.74) is 4.70. The number of pyridine rings is 2. The van der Waals surface area contributed by atoms with Crippen molar-refractivity contribution in [1.82, 2.24) is 14.3 Å². The van der Waals surface area contributed by atoms with Crippen molar-refractivity contribution in [3.63, 3.8) is 0 Å². The molecule has 4 aromatic rings. The number of hydrogen-bond donors (Lipinski definition) is 0. The topological polar surface area (TPSA) is 37.6 Å². The number of aromatic nitrogens is 2. The Bertz CT molecular complexity index is 1180. The molecule has 0 spiro atoms. The van der Waals surface area contributed by atoms with Crippen molar-refractivity contribution in [3.8, 4) is 11.1 Å². The summed E-state index contributed by atoms with van der Waals surface area (Å²) in [6, 6.07) is 16.7.